The number of nitro groups is 1. The number of alkyl halides is 1. The Balaban J connectivity index is 0.000000290. The van der Waals surface area contributed by atoms with Crippen molar-refractivity contribution < 1.29 is 105 Å². The summed E-state index contributed by atoms with van der Waals surface area (Å²) in [6.07, 6.45) is 15.9. The van der Waals surface area contributed by atoms with Gasteiger partial charge in [0.15, 0.2) is 46.9 Å². The van der Waals surface area contributed by atoms with E-state index in [2.05, 4.69) is 106 Å². The fourth-order valence-corrected chi connectivity index (χ4v) is 19.6. The molecule has 0 radical (unpaired) electrons. The second-order valence-electron chi connectivity index (χ2n) is 38.2. The molecule has 2 saturated heterocycles. The number of unbranched alkanes of at least 4 members (excludes halogenated alkanes) is 4. The van der Waals surface area contributed by atoms with Crippen molar-refractivity contribution in [3.63, 3.8) is 0 Å². The Morgan fingerprint density at radius 2 is 1.19 bits per heavy atom. The second kappa shape index (κ2) is 51.6. The Morgan fingerprint density at radius 3 is 1.70 bits per heavy atom. The number of nitrogens with one attached hydrogen (secondary N) is 2. The molecule has 3 amide bonds. The summed E-state index contributed by atoms with van der Waals surface area (Å²) in [6.45, 7) is 27.1. The highest BCUT2D eigenvalue weighted by Gasteiger charge is 2.72. The predicted octanol–water partition coefficient (Wildman–Crippen LogP) is 12.4. The lowest BCUT2D eigenvalue weighted by Crippen LogP contribution is -2.69. The topological polar surface area (TPSA) is 450 Å². The maximum absolute atomic E-state index is 14.6. The monoisotopic (exact) mass is 1920 g/mol. The molecule has 34 nitrogen and oxygen atoms in total. The van der Waals surface area contributed by atoms with Crippen molar-refractivity contribution in [2.24, 2.45) is 55.5 Å². The van der Waals surface area contributed by atoms with Gasteiger partial charge < -0.3 is 110 Å². The molecule has 0 aromatic heterocycles. The molecule has 132 heavy (non-hydrogen) atoms. The highest BCUT2D eigenvalue weighted by Crippen LogP contribution is 2.71. The standard InChI is InChI=1S/C48H75N7O10.C26H26N2O7.C11H23NO2.C7H13BrO2.C5H13NO2/c1-32(56)52-29-36(58)27-34(13-11-21-51-44(49)50)43(59)53-30-46(2,3)31-55(22-10-8-9-14-35(57)15-12-24-63-26-25-61-6)45(60)64-38-18-19-47(4)39-28-33-16-17-37(62-7)41-40(33)48(47,42(38)65-41)20-23-54(39)5;1-25-11-10-19(34-24(29)33-17-7-5-16(6-8-17)28(30)31)23-26(25)12-13-27(2)20(25)14-15-4-9-18(32-3)22(35-23)21(15)26;1-10(2,3)14-9(13)6-7-11(4,5)8-12;1-10-7(9)5-3-2-4-6-8;1-7-4-5-8-3-2-6/h16-18,34,39,42H,8-15,19-31H2,1-7H3,(H,52,56)(H,53,59)(H4,49,50,51);4-10,20,23H,11-14H2,1-3H3;6-8,12H2,1-5H3;2-6H2,1H3;2-6H2,1H3/t34-,39-,42+,47+,48+;20-,23+,25+,26+;;;/m11.../s1. The predicted molar refractivity (Wildman–Crippen MR) is 505 cm³/mol. The summed E-state index contributed by atoms with van der Waals surface area (Å²) in [5.74, 6) is 2.22. The van der Waals surface area contributed by atoms with Crippen LogP contribution in [0.25, 0.3) is 0 Å². The van der Waals surface area contributed by atoms with E-state index in [4.69, 9.17) is 79.8 Å². The number of likely N-dealkylation sites (N-methyl/N-ethyl adjacent to an activating group) is 2. The molecule has 9 atom stereocenters. The van der Waals surface area contributed by atoms with Crippen molar-refractivity contribution >= 4 is 75.1 Å². The molecule has 0 unspecified atom stereocenters. The number of amides is 3. The number of benzene rings is 3. The molecule has 0 saturated carbocycles. The molecule has 2 fully saturated rings. The first-order valence-corrected chi connectivity index (χ1v) is 47.4. The van der Waals surface area contributed by atoms with Gasteiger partial charge in [0.25, 0.3) is 5.69 Å². The summed E-state index contributed by atoms with van der Waals surface area (Å²) in [5, 5.41) is 17.4. The minimum atomic E-state index is -0.905. The number of likely N-dealkylation sites (tertiary alicyclic amines) is 2. The van der Waals surface area contributed by atoms with Gasteiger partial charge in [-0.1, -0.05) is 82.4 Å². The Morgan fingerprint density at radius 1 is 0.644 bits per heavy atom. The summed E-state index contributed by atoms with van der Waals surface area (Å²) in [5.41, 5.74) is 24.5. The number of allylic oxidation sites excluding steroid dienone is 2. The molecule has 3 aromatic rings. The number of esters is 2. The van der Waals surface area contributed by atoms with Crippen LogP contribution in [0.5, 0.6) is 28.7 Å². The number of nitrogens with two attached hydrogens (primary N) is 4. The van der Waals surface area contributed by atoms with Crippen molar-refractivity contribution in [3.05, 3.63) is 105 Å². The maximum atomic E-state index is 14.6. The number of guanidine groups is 1. The van der Waals surface area contributed by atoms with Gasteiger partial charge in [-0.3, -0.25) is 43.9 Å². The van der Waals surface area contributed by atoms with Crippen molar-refractivity contribution in [3.8, 4) is 28.7 Å². The lowest BCUT2D eigenvalue weighted by molar-refractivity contribution is -0.384. The van der Waals surface area contributed by atoms with E-state index >= 15 is 0 Å². The van der Waals surface area contributed by atoms with Crippen LogP contribution in [0.1, 0.15) is 213 Å². The summed E-state index contributed by atoms with van der Waals surface area (Å²) in [7, 11) is 12.4. The summed E-state index contributed by atoms with van der Waals surface area (Å²) >= 11 is 3.32. The molecule has 4 heterocycles. The number of carbonyl (C=O) groups is 8. The minimum absolute atomic E-state index is 0.0247. The quantitative estimate of drug-likeness (QED) is 0.00352. The van der Waals surface area contributed by atoms with Gasteiger partial charge in [0.2, 0.25) is 11.8 Å². The second-order valence-corrected chi connectivity index (χ2v) is 39.0. The van der Waals surface area contributed by atoms with E-state index in [9.17, 15) is 48.5 Å². The molecule has 35 heteroatoms. The number of rotatable bonds is 46. The first-order valence-electron chi connectivity index (χ1n) is 46.3. The van der Waals surface area contributed by atoms with Crippen molar-refractivity contribution in [2.75, 3.05) is 154 Å². The Kier molecular flexibility index (Phi) is 43.0. The highest BCUT2D eigenvalue weighted by molar-refractivity contribution is 9.09. The largest absolute Gasteiger partial charge is 0.519 e. The molecule has 10 N–H and O–H groups in total. The molecular weight excluding hydrogens is 1770 g/mol. The number of halogens is 1. The number of carbonyl (C=O) groups excluding carboxylic acids is 8. The number of nitro benzene ring substituents is 1. The average Bonchev–Trinajstić information content (AvgIpc) is 1.46. The van der Waals surface area contributed by atoms with Crippen LogP contribution in [0.15, 0.2) is 77.2 Å². The first-order chi connectivity index (χ1) is 62.6. The van der Waals surface area contributed by atoms with Gasteiger partial charge in [-0.05, 0) is 203 Å². The van der Waals surface area contributed by atoms with E-state index in [1.54, 1.807) is 33.3 Å². The lowest BCUT2D eigenvalue weighted by Gasteiger charge is -2.63. The van der Waals surface area contributed by atoms with E-state index in [1.807, 2.05) is 52.8 Å². The zero-order valence-corrected chi connectivity index (χ0v) is 82.7. The summed E-state index contributed by atoms with van der Waals surface area (Å²) in [4.78, 5) is 121. The van der Waals surface area contributed by atoms with Gasteiger partial charge in [-0.25, -0.2) is 9.59 Å². The summed E-state index contributed by atoms with van der Waals surface area (Å²) in [6, 6.07) is 14.1. The fraction of sp³-hybridized carbons (Fsp3) is 0.680. The number of Topliss-reactive ketones (excluding diaryl/α,β-unsaturated/α-hetero) is 2. The van der Waals surface area contributed by atoms with E-state index in [-0.39, 0.29) is 112 Å². The van der Waals surface area contributed by atoms with E-state index in [0.717, 1.165) is 94.1 Å². The zero-order chi connectivity index (χ0) is 97.4. The molecule has 8 aliphatic rings. The van der Waals surface area contributed by atoms with Crippen LogP contribution in [-0.4, -0.2) is 257 Å². The number of ether oxygens (including phenoxy) is 13. The number of piperidine rings is 2. The third kappa shape index (κ3) is 29.5. The Labute approximate surface area is 788 Å². The van der Waals surface area contributed by atoms with Gasteiger partial charge in [-0.2, -0.15) is 0 Å². The normalized spacial score (nSPS) is 21.5. The van der Waals surface area contributed by atoms with Crippen molar-refractivity contribution in [1.82, 2.24) is 25.3 Å². The van der Waals surface area contributed by atoms with Crippen molar-refractivity contribution in [1.29, 1.82) is 0 Å². The molecular formula is C97H150BrN11O23. The first kappa shape index (κ1) is 110. The van der Waals surface area contributed by atoms with Crippen LogP contribution < -0.4 is 57.3 Å². The molecule has 4 aliphatic carbocycles. The zero-order valence-electron chi connectivity index (χ0n) is 81.1. The molecule has 3 aromatic carbocycles. The average molecular weight is 1920 g/mol. The smallest absolute Gasteiger partial charge is 0.493 e. The number of non-ortho nitro benzene ring substituents is 1. The van der Waals surface area contributed by atoms with Crippen LogP contribution >= 0.6 is 15.9 Å². The van der Waals surface area contributed by atoms with Gasteiger partial charge in [-0.15, -0.1) is 0 Å². The van der Waals surface area contributed by atoms with Gasteiger partial charge >= 0.3 is 24.2 Å². The molecule has 2 spiro atoms. The van der Waals surface area contributed by atoms with Crippen LogP contribution in [-0.2, 0) is 90.3 Å². The van der Waals surface area contributed by atoms with Gasteiger partial charge in [0.1, 0.15) is 28.7 Å². The number of aliphatic imine (C=N–C) groups is 1. The number of ketones is 2. The number of methoxy groups -OCH3 is 5. The molecule has 11 rings (SSSR count). The van der Waals surface area contributed by atoms with E-state index in [0.29, 0.717) is 159 Å². The van der Waals surface area contributed by atoms with Gasteiger partial charge in [0, 0.05) is 150 Å². The maximum Gasteiger partial charge on any atom is 0.519 e. The number of hydrogen-bond donors (Lipinski definition) is 6. The van der Waals surface area contributed by atoms with Crippen LogP contribution in [0.3, 0.4) is 0 Å². The number of nitrogens with zero attached hydrogens (tertiary/aromatic N) is 5. The third-order valence-corrected chi connectivity index (χ3v) is 26.9. The number of hydrogen-bond acceptors (Lipinski definition) is 28. The van der Waals surface area contributed by atoms with E-state index < -0.39 is 46.1 Å². The Bertz CT molecular complexity index is 4420. The van der Waals surface area contributed by atoms with Crippen molar-refractivity contribution in [2.45, 2.75) is 245 Å². The lowest BCUT2D eigenvalue weighted by atomic mass is 9.45. The van der Waals surface area contributed by atoms with E-state index in [1.165, 1.54) is 60.6 Å². The summed E-state index contributed by atoms with van der Waals surface area (Å²) < 4.78 is 72.4. The molecule has 738 valence electrons. The highest BCUT2D eigenvalue weighted by atomic mass is 79.9. The van der Waals surface area contributed by atoms with Gasteiger partial charge in [0.05, 0.1) is 76.7 Å². The fourth-order valence-electron chi connectivity index (χ4n) is 19.2. The van der Waals surface area contributed by atoms with Crippen LogP contribution in [0, 0.1) is 37.7 Å². The van der Waals surface area contributed by atoms with Crippen LogP contribution in [0.2, 0.25) is 0 Å². The SMILES string of the molecule is CC(C)(CN)CCC(=O)OC(C)(C)C.COC(=O)CCCCCBr.COCCOCCCC(=O)CCCCCN(CC(C)(C)CNC(=O)[C@H](CCCN=C(N)N)CC(=O)CNC(C)=O)C(=O)OC1=CC[C@@]2(C)[C@H]3Cc4ccc(OC)c5c4[C@@]2(CCN3C)[C@H]1O5.COCCOCCN.COc1ccc2c3c1O[C@H]1C(OC(=O)Oc4ccc([N+](=O)[O-])cc4)=CC[C@@]4(C)[C@@H](C2)N(C)CC[C@]314. The molecule has 4 aliphatic heterocycles. The minimum Gasteiger partial charge on any atom is -0.493 e. The Hall–Kier alpha value is -9.07. The molecule has 4 bridgehead atoms. The third-order valence-electron chi connectivity index (χ3n) is 26.3. The van der Waals surface area contributed by atoms with Crippen LogP contribution in [0.4, 0.5) is 15.3 Å².